The lowest BCUT2D eigenvalue weighted by atomic mass is 10.2. The molecule has 0 aliphatic carbocycles. The van der Waals surface area contributed by atoms with E-state index in [0.29, 0.717) is 11.3 Å². The quantitative estimate of drug-likeness (QED) is 0.363. The Morgan fingerprint density at radius 1 is 1.48 bits per heavy atom. The Morgan fingerprint density at radius 2 is 2.26 bits per heavy atom. The zero-order valence-electron chi connectivity index (χ0n) is 12.1. The third-order valence-electron chi connectivity index (χ3n) is 2.82. The Balaban J connectivity index is 1.96. The third-order valence-corrected chi connectivity index (χ3v) is 3.50. The van der Waals surface area contributed by atoms with Gasteiger partial charge in [-0.15, -0.1) is 0 Å². The minimum Gasteiger partial charge on any atom is -0.381 e. The molecule has 1 unspecified atom stereocenters. The lowest BCUT2D eigenvalue weighted by molar-refractivity contribution is -0.384. The molecule has 1 aromatic carbocycles. The maximum absolute atomic E-state index is 12.0. The summed E-state index contributed by atoms with van der Waals surface area (Å²) >= 11 is 1.46. The summed E-state index contributed by atoms with van der Waals surface area (Å²) in [6.07, 6.45) is -0.911. The van der Waals surface area contributed by atoms with Gasteiger partial charge >= 0.3 is 0 Å². The van der Waals surface area contributed by atoms with Gasteiger partial charge in [0, 0.05) is 28.8 Å². The molecule has 0 radical (unpaired) electrons. The predicted octanol–water partition coefficient (Wildman–Crippen LogP) is 2.32. The Kier molecular flexibility index (Phi) is 5.26. The lowest BCUT2D eigenvalue weighted by Crippen LogP contribution is -2.27. The largest absolute Gasteiger partial charge is 0.381 e. The number of hydrogen-bond acceptors (Lipinski definition) is 6. The van der Waals surface area contributed by atoms with Crippen molar-refractivity contribution in [2.75, 3.05) is 5.32 Å². The molecule has 0 fully saturated rings. The number of hydrogen-bond donors (Lipinski definition) is 2. The van der Waals surface area contributed by atoms with Crippen molar-refractivity contribution in [1.82, 2.24) is 0 Å². The van der Waals surface area contributed by atoms with E-state index in [-0.39, 0.29) is 11.5 Å². The molecule has 2 aromatic rings. The monoisotopic (exact) mass is 334 g/mol. The van der Waals surface area contributed by atoms with Crippen LogP contribution in [0.2, 0.25) is 0 Å². The second kappa shape index (κ2) is 7.36. The van der Waals surface area contributed by atoms with E-state index in [1.54, 1.807) is 17.5 Å². The van der Waals surface area contributed by atoms with E-state index in [1.165, 1.54) is 36.5 Å². The Bertz CT molecular complexity index is 730. The van der Waals surface area contributed by atoms with Crippen molar-refractivity contribution in [1.29, 1.82) is 0 Å². The summed E-state index contributed by atoms with van der Waals surface area (Å²) in [4.78, 5) is 27.2. The third kappa shape index (κ3) is 4.51. The highest BCUT2D eigenvalue weighted by Crippen LogP contribution is 2.17. The summed E-state index contributed by atoms with van der Waals surface area (Å²) in [5.74, 6) is -0.325. The van der Waals surface area contributed by atoms with Crippen molar-refractivity contribution in [3.63, 3.8) is 0 Å². The number of rotatable bonds is 6. The van der Waals surface area contributed by atoms with E-state index in [9.17, 15) is 14.9 Å². The van der Waals surface area contributed by atoms with Crippen molar-refractivity contribution in [2.45, 2.75) is 13.0 Å². The average Bonchev–Trinajstić information content (AvgIpc) is 3.07. The molecule has 1 atom stereocenters. The van der Waals surface area contributed by atoms with Crippen molar-refractivity contribution in [3.8, 4) is 0 Å². The highest BCUT2D eigenvalue weighted by atomic mass is 32.1. The van der Waals surface area contributed by atoms with Crippen LogP contribution in [0.1, 0.15) is 12.5 Å². The maximum Gasteiger partial charge on any atom is 0.271 e. The number of anilines is 1. The number of carbonyl (C=O) groups is 1. The maximum atomic E-state index is 12.0. The summed E-state index contributed by atoms with van der Waals surface area (Å²) in [5.41, 5.74) is 6.61. The van der Waals surface area contributed by atoms with Gasteiger partial charge in [-0.1, -0.05) is 11.2 Å². The molecule has 0 aliphatic heterocycles. The summed E-state index contributed by atoms with van der Waals surface area (Å²) < 4.78 is 0. The molecule has 2 rings (SSSR count). The first-order valence-corrected chi connectivity index (χ1v) is 7.49. The van der Waals surface area contributed by atoms with E-state index in [2.05, 4.69) is 10.5 Å². The van der Waals surface area contributed by atoms with E-state index in [4.69, 9.17) is 10.6 Å². The fourth-order valence-electron chi connectivity index (χ4n) is 1.59. The number of nitro benzene ring substituents is 1. The van der Waals surface area contributed by atoms with Crippen LogP contribution in [0.15, 0.2) is 46.2 Å². The van der Waals surface area contributed by atoms with Crippen molar-refractivity contribution >= 4 is 34.5 Å². The van der Waals surface area contributed by atoms with E-state index < -0.39 is 16.9 Å². The number of nitrogens with one attached hydrogen (secondary N) is 1. The number of nitrogens with two attached hydrogens (primary N) is 1. The van der Waals surface area contributed by atoms with Gasteiger partial charge in [0.2, 0.25) is 6.10 Å². The Hall–Kier alpha value is -2.94. The Labute approximate surface area is 135 Å². The topological polar surface area (TPSA) is 120 Å². The summed E-state index contributed by atoms with van der Waals surface area (Å²) in [7, 11) is 0. The van der Waals surface area contributed by atoms with Gasteiger partial charge in [0.15, 0.2) is 5.84 Å². The van der Waals surface area contributed by atoms with Gasteiger partial charge in [-0.05, 0) is 24.4 Å². The van der Waals surface area contributed by atoms with Gasteiger partial charge in [-0.3, -0.25) is 14.9 Å². The summed E-state index contributed by atoms with van der Waals surface area (Å²) in [5, 5.41) is 20.6. The fraction of sp³-hybridized carbons (Fsp3) is 0.143. The van der Waals surface area contributed by atoms with Crippen molar-refractivity contribution < 1.29 is 14.6 Å². The molecule has 3 N–H and O–H groups in total. The van der Waals surface area contributed by atoms with Gasteiger partial charge < -0.3 is 15.9 Å². The van der Waals surface area contributed by atoms with Crippen LogP contribution < -0.4 is 11.1 Å². The van der Waals surface area contributed by atoms with Crippen molar-refractivity contribution in [3.05, 3.63) is 56.8 Å². The highest BCUT2D eigenvalue weighted by molar-refractivity contribution is 7.08. The number of nitrogens with zero attached hydrogens (tertiary/aromatic N) is 2. The minimum absolute atomic E-state index is 0.115. The number of nitro groups is 1. The molecule has 8 nitrogen and oxygen atoms in total. The molecule has 1 amide bonds. The zero-order chi connectivity index (χ0) is 16.8. The van der Waals surface area contributed by atoms with E-state index in [0.717, 1.165) is 0 Å². The van der Waals surface area contributed by atoms with Crippen molar-refractivity contribution in [2.24, 2.45) is 10.9 Å². The van der Waals surface area contributed by atoms with E-state index in [1.807, 2.05) is 5.38 Å². The first-order valence-electron chi connectivity index (χ1n) is 6.54. The molecule has 0 aliphatic rings. The van der Waals surface area contributed by atoms with Crippen LogP contribution in [-0.2, 0) is 9.63 Å². The van der Waals surface area contributed by atoms with E-state index >= 15 is 0 Å². The second-order valence-electron chi connectivity index (χ2n) is 4.53. The van der Waals surface area contributed by atoms with Crippen LogP contribution in [0, 0.1) is 10.1 Å². The molecular weight excluding hydrogens is 320 g/mol. The van der Waals surface area contributed by atoms with Gasteiger partial charge in [-0.25, -0.2) is 0 Å². The molecule has 0 saturated carbocycles. The molecule has 1 heterocycles. The fourth-order valence-corrected chi connectivity index (χ4v) is 2.24. The predicted molar refractivity (Wildman–Crippen MR) is 87.3 cm³/mol. The second-order valence-corrected chi connectivity index (χ2v) is 5.31. The zero-order valence-corrected chi connectivity index (χ0v) is 12.9. The smallest absolute Gasteiger partial charge is 0.271 e. The molecule has 9 heteroatoms. The van der Waals surface area contributed by atoms with Gasteiger partial charge in [-0.2, -0.15) is 11.3 Å². The summed E-state index contributed by atoms with van der Waals surface area (Å²) in [6.45, 7) is 1.50. The number of amides is 1. The highest BCUT2D eigenvalue weighted by Gasteiger charge is 2.16. The van der Waals surface area contributed by atoms with Gasteiger partial charge in [0.05, 0.1) is 4.92 Å². The molecule has 0 spiro atoms. The number of amidine groups is 1. The van der Waals surface area contributed by atoms with Crippen LogP contribution >= 0.6 is 11.3 Å². The molecule has 0 bridgehead atoms. The number of thiophene rings is 1. The van der Waals surface area contributed by atoms with Crippen LogP contribution in [0.25, 0.3) is 0 Å². The molecule has 1 aromatic heterocycles. The van der Waals surface area contributed by atoms with Crippen LogP contribution in [0.5, 0.6) is 0 Å². The average molecular weight is 334 g/mol. The summed E-state index contributed by atoms with van der Waals surface area (Å²) in [6, 6.07) is 7.39. The SMILES string of the molecule is CC(ON=C(N)c1ccsc1)C(=O)Nc1cccc([N+](=O)[O-])c1. The normalized spacial score (nSPS) is 12.5. The molecular formula is C14H14N4O4S. The van der Waals surface area contributed by atoms with Gasteiger partial charge in [0.1, 0.15) is 0 Å². The molecule has 23 heavy (non-hydrogen) atoms. The standard InChI is InChI=1S/C14H14N4O4S/c1-9(22-17-13(15)10-5-6-23-8-10)14(19)16-11-3-2-4-12(7-11)18(20)21/h2-9H,1H3,(H2,15,17)(H,16,19). The molecule has 120 valence electrons. The molecule has 0 saturated heterocycles. The van der Waals surface area contributed by atoms with Crippen LogP contribution in [0.4, 0.5) is 11.4 Å². The van der Waals surface area contributed by atoms with Gasteiger partial charge in [0.25, 0.3) is 11.6 Å². The van der Waals surface area contributed by atoms with Crippen LogP contribution in [0.3, 0.4) is 0 Å². The first kappa shape index (κ1) is 16.4. The number of non-ortho nitro benzene ring substituents is 1. The number of carbonyl (C=O) groups excluding carboxylic acids is 1. The van der Waals surface area contributed by atoms with Crippen LogP contribution in [-0.4, -0.2) is 22.8 Å². The number of benzene rings is 1. The lowest BCUT2D eigenvalue weighted by Gasteiger charge is -2.11. The number of oxime groups is 1. The Morgan fingerprint density at radius 3 is 2.91 bits per heavy atom. The minimum atomic E-state index is -0.911. The first-order chi connectivity index (χ1) is 11.0.